The number of benzene rings is 1. The predicted octanol–water partition coefficient (Wildman–Crippen LogP) is 3.13. The third-order valence-electron chi connectivity index (χ3n) is 2.94. The summed E-state index contributed by atoms with van der Waals surface area (Å²) in [5.74, 6) is 1.65. The van der Waals surface area contributed by atoms with Gasteiger partial charge in [0.05, 0.1) is 37.5 Å². The SMILES string of the molecule is CCOc1ccc(OCC)c(NCc2nc[nH]c2C)c1. The Morgan fingerprint density at radius 2 is 2.00 bits per heavy atom. The van der Waals surface area contributed by atoms with Crippen molar-refractivity contribution in [2.24, 2.45) is 0 Å². The highest BCUT2D eigenvalue weighted by Crippen LogP contribution is 2.29. The van der Waals surface area contributed by atoms with Gasteiger partial charge in [0, 0.05) is 11.8 Å². The number of nitrogens with one attached hydrogen (secondary N) is 2. The van der Waals surface area contributed by atoms with Crippen molar-refractivity contribution in [3.05, 3.63) is 35.9 Å². The highest BCUT2D eigenvalue weighted by Gasteiger charge is 2.07. The maximum absolute atomic E-state index is 5.62. The number of ether oxygens (including phenoxy) is 2. The summed E-state index contributed by atoms with van der Waals surface area (Å²) in [6, 6.07) is 5.80. The van der Waals surface area contributed by atoms with Gasteiger partial charge in [-0.05, 0) is 32.9 Å². The molecule has 20 heavy (non-hydrogen) atoms. The maximum Gasteiger partial charge on any atom is 0.142 e. The zero-order valence-corrected chi connectivity index (χ0v) is 12.2. The van der Waals surface area contributed by atoms with Crippen molar-refractivity contribution in [3.8, 4) is 11.5 Å². The van der Waals surface area contributed by atoms with Crippen LogP contribution in [0.3, 0.4) is 0 Å². The normalized spacial score (nSPS) is 10.3. The molecule has 5 heteroatoms. The molecule has 5 nitrogen and oxygen atoms in total. The van der Waals surface area contributed by atoms with E-state index in [2.05, 4.69) is 15.3 Å². The van der Waals surface area contributed by atoms with Crippen molar-refractivity contribution in [3.63, 3.8) is 0 Å². The molecule has 0 aliphatic carbocycles. The van der Waals surface area contributed by atoms with Gasteiger partial charge in [-0.15, -0.1) is 0 Å². The van der Waals surface area contributed by atoms with Crippen LogP contribution in [0.4, 0.5) is 5.69 Å². The zero-order chi connectivity index (χ0) is 14.4. The van der Waals surface area contributed by atoms with Crippen LogP contribution in [-0.4, -0.2) is 23.2 Å². The van der Waals surface area contributed by atoms with Crippen LogP contribution in [0, 0.1) is 6.92 Å². The van der Waals surface area contributed by atoms with Crippen molar-refractivity contribution in [2.75, 3.05) is 18.5 Å². The van der Waals surface area contributed by atoms with Gasteiger partial charge in [-0.25, -0.2) is 4.98 Å². The predicted molar refractivity (Wildman–Crippen MR) is 79.4 cm³/mol. The lowest BCUT2D eigenvalue weighted by molar-refractivity contribution is 0.332. The largest absolute Gasteiger partial charge is 0.494 e. The first kappa shape index (κ1) is 14.2. The molecule has 0 saturated carbocycles. The third kappa shape index (κ3) is 3.44. The summed E-state index contributed by atoms with van der Waals surface area (Å²) in [4.78, 5) is 7.34. The van der Waals surface area contributed by atoms with E-state index < -0.39 is 0 Å². The molecule has 1 aromatic carbocycles. The highest BCUT2D eigenvalue weighted by atomic mass is 16.5. The van der Waals surface area contributed by atoms with E-state index in [9.17, 15) is 0 Å². The smallest absolute Gasteiger partial charge is 0.142 e. The number of imidazole rings is 1. The van der Waals surface area contributed by atoms with Gasteiger partial charge < -0.3 is 19.8 Å². The second-order valence-electron chi connectivity index (χ2n) is 4.35. The van der Waals surface area contributed by atoms with Crippen molar-refractivity contribution < 1.29 is 9.47 Å². The number of rotatable bonds is 7. The average molecular weight is 275 g/mol. The fourth-order valence-corrected chi connectivity index (χ4v) is 1.93. The van der Waals surface area contributed by atoms with Gasteiger partial charge in [0.15, 0.2) is 0 Å². The van der Waals surface area contributed by atoms with E-state index >= 15 is 0 Å². The average Bonchev–Trinajstić information content (AvgIpc) is 2.85. The second-order valence-corrected chi connectivity index (χ2v) is 4.35. The van der Waals surface area contributed by atoms with E-state index in [1.807, 2.05) is 39.0 Å². The van der Waals surface area contributed by atoms with Gasteiger partial charge in [0.25, 0.3) is 0 Å². The molecular weight excluding hydrogens is 254 g/mol. The molecule has 2 N–H and O–H groups in total. The highest BCUT2D eigenvalue weighted by molar-refractivity contribution is 5.59. The molecule has 0 unspecified atom stereocenters. The fourth-order valence-electron chi connectivity index (χ4n) is 1.93. The van der Waals surface area contributed by atoms with Crippen molar-refractivity contribution in [1.29, 1.82) is 0 Å². The van der Waals surface area contributed by atoms with Crippen molar-refractivity contribution in [2.45, 2.75) is 27.3 Å². The molecular formula is C15H21N3O2. The van der Waals surface area contributed by atoms with Crippen LogP contribution in [0.15, 0.2) is 24.5 Å². The summed E-state index contributed by atoms with van der Waals surface area (Å²) in [5.41, 5.74) is 2.98. The second kappa shape index (κ2) is 6.84. The lowest BCUT2D eigenvalue weighted by Crippen LogP contribution is -2.05. The Kier molecular flexibility index (Phi) is 4.87. The molecule has 0 radical (unpaired) electrons. The molecule has 1 aromatic heterocycles. The number of aromatic nitrogens is 2. The van der Waals surface area contributed by atoms with Crippen molar-refractivity contribution >= 4 is 5.69 Å². The first-order chi connectivity index (χ1) is 9.74. The summed E-state index contributed by atoms with van der Waals surface area (Å²) in [7, 11) is 0. The van der Waals surface area contributed by atoms with Gasteiger partial charge in [0.2, 0.25) is 0 Å². The first-order valence-corrected chi connectivity index (χ1v) is 6.87. The monoisotopic (exact) mass is 275 g/mol. The van der Waals surface area contributed by atoms with Gasteiger partial charge in [-0.1, -0.05) is 0 Å². The molecule has 0 atom stereocenters. The Morgan fingerprint density at radius 3 is 2.65 bits per heavy atom. The Labute approximate surface area is 119 Å². The number of hydrogen-bond acceptors (Lipinski definition) is 4. The molecule has 2 rings (SSSR count). The molecule has 0 aliphatic rings. The van der Waals surface area contributed by atoms with E-state index in [1.165, 1.54) is 0 Å². The Morgan fingerprint density at radius 1 is 1.20 bits per heavy atom. The van der Waals surface area contributed by atoms with Gasteiger partial charge >= 0.3 is 0 Å². The van der Waals surface area contributed by atoms with E-state index in [1.54, 1.807) is 6.33 Å². The van der Waals surface area contributed by atoms with Crippen LogP contribution < -0.4 is 14.8 Å². The van der Waals surface area contributed by atoms with Crippen LogP contribution in [0.5, 0.6) is 11.5 Å². The molecule has 1 heterocycles. The van der Waals surface area contributed by atoms with Crippen LogP contribution in [0.2, 0.25) is 0 Å². The molecule has 2 aromatic rings. The Hall–Kier alpha value is -2.17. The van der Waals surface area contributed by atoms with E-state index in [-0.39, 0.29) is 0 Å². The maximum atomic E-state index is 5.62. The van der Waals surface area contributed by atoms with Crippen LogP contribution in [-0.2, 0) is 6.54 Å². The van der Waals surface area contributed by atoms with Gasteiger partial charge in [-0.2, -0.15) is 0 Å². The number of H-pyrrole nitrogens is 1. The third-order valence-corrected chi connectivity index (χ3v) is 2.94. The van der Waals surface area contributed by atoms with Crippen LogP contribution >= 0.6 is 0 Å². The van der Waals surface area contributed by atoms with E-state index in [0.717, 1.165) is 28.6 Å². The van der Waals surface area contributed by atoms with Crippen molar-refractivity contribution in [1.82, 2.24) is 9.97 Å². The Bertz CT molecular complexity index is 552. The minimum Gasteiger partial charge on any atom is -0.494 e. The minimum atomic E-state index is 0.629. The number of anilines is 1. The summed E-state index contributed by atoms with van der Waals surface area (Å²) >= 11 is 0. The number of aryl methyl sites for hydroxylation is 1. The summed E-state index contributed by atoms with van der Waals surface area (Å²) in [6.07, 6.45) is 1.70. The number of hydrogen-bond donors (Lipinski definition) is 2. The molecule has 0 spiro atoms. The molecule has 108 valence electrons. The number of nitrogens with zero attached hydrogens (tertiary/aromatic N) is 1. The summed E-state index contributed by atoms with van der Waals surface area (Å²) < 4.78 is 11.1. The Balaban J connectivity index is 2.14. The fraction of sp³-hybridized carbons (Fsp3) is 0.400. The summed E-state index contributed by atoms with van der Waals surface area (Å²) in [5, 5.41) is 3.35. The zero-order valence-electron chi connectivity index (χ0n) is 12.2. The minimum absolute atomic E-state index is 0.629. The van der Waals surface area contributed by atoms with Crippen LogP contribution in [0.1, 0.15) is 25.2 Å². The molecule has 0 aliphatic heterocycles. The molecule has 0 fully saturated rings. The van der Waals surface area contributed by atoms with Gasteiger partial charge in [0.1, 0.15) is 11.5 Å². The quantitative estimate of drug-likeness (QED) is 0.815. The van der Waals surface area contributed by atoms with Gasteiger partial charge in [-0.3, -0.25) is 0 Å². The number of aromatic amines is 1. The van der Waals surface area contributed by atoms with E-state index in [4.69, 9.17) is 9.47 Å². The summed E-state index contributed by atoms with van der Waals surface area (Å²) in [6.45, 7) is 7.86. The molecule has 0 saturated heterocycles. The van der Waals surface area contributed by atoms with E-state index in [0.29, 0.717) is 19.8 Å². The topological polar surface area (TPSA) is 59.2 Å². The standard InChI is InChI=1S/C15H21N3O2/c1-4-19-12-6-7-15(20-5-2)13(8-12)16-9-14-11(3)17-10-18-14/h6-8,10,16H,4-5,9H2,1-3H3,(H,17,18). The first-order valence-electron chi connectivity index (χ1n) is 6.87. The van der Waals surface area contributed by atoms with Crippen LogP contribution in [0.25, 0.3) is 0 Å². The molecule has 0 amide bonds. The lowest BCUT2D eigenvalue weighted by Gasteiger charge is -2.14. The molecule has 0 bridgehead atoms. The lowest BCUT2D eigenvalue weighted by atomic mass is 10.2.